The second kappa shape index (κ2) is 6.89. The Bertz CT molecular complexity index is 435. The normalized spacial score (nSPS) is 25.6. The highest BCUT2D eigenvalue weighted by Gasteiger charge is 2.67. The molecule has 0 spiro atoms. The van der Waals surface area contributed by atoms with E-state index < -0.39 is 35.2 Å². The van der Waals surface area contributed by atoms with E-state index in [0.717, 1.165) is 0 Å². The van der Waals surface area contributed by atoms with Crippen molar-refractivity contribution in [3.8, 4) is 0 Å². The first-order chi connectivity index (χ1) is 9.81. The van der Waals surface area contributed by atoms with Gasteiger partial charge in [0, 0.05) is 0 Å². The van der Waals surface area contributed by atoms with Crippen molar-refractivity contribution in [3.63, 3.8) is 0 Å². The molecule has 0 amide bonds. The summed E-state index contributed by atoms with van der Waals surface area (Å²) < 4.78 is 64.3. The van der Waals surface area contributed by atoms with E-state index in [4.69, 9.17) is 25.2 Å². The zero-order valence-electron chi connectivity index (χ0n) is 12.7. The van der Waals surface area contributed by atoms with E-state index in [1.54, 1.807) is 13.8 Å². The SMILES string of the molecule is CCOP(=O)(OCC)OC(C1CC1(C)C)C(Cl)(Br)C(F)(F)F. The van der Waals surface area contributed by atoms with Gasteiger partial charge in [0.05, 0.1) is 13.2 Å². The monoisotopic (exact) mass is 430 g/mol. The zero-order valence-corrected chi connectivity index (χ0v) is 16.0. The van der Waals surface area contributed by atoms with Crippen molar-refractivity contribution in [1.29, 1.82) is 0 Å². The van der Waals surface area contributed by atoms with Crippen molar-refractivity contribution in [2.45, 2.75) is 50.2 Å². The van der Waals surface area contributed by atoms with Crippen LogP contribution in [-0.2, 0) is 18.1 Å². The molecule has 0 bridgehead atoms. The van der Waals surface area contributed by atoms with Gasteiger partial charge < -0.3 is 0 Å². The Labute approximate surface area is 141 Å². The second-order valence-corrected chi connectivity index (χ2v) is 9.65. The van der Waals surface area contributed by atoms with E-state index in [1.165, 1.54) is 13.8 Å². The molecular weight excluding hydrogens is 411 g/mol. The van der Waals surface area contributed by atoms with Crippen molar-refractivity contribution in [1.82, 2.24) is 0 Å². The average molecular weight is 432 g/mol. The summed E-state index contributed by atoms with van der Waals surface area (Å²) in [5.74, 6) is -0.528. The molecule has 22 heavy (non-hydrogen) atoms. The van der Waals surface area contributed by atoms with Gasteiger partial charge in [-0.05, 0) is 31.6 Å². The van der Waals surface area contributed by atoms with Crippen LogP contribution < -0.4 is 0 Å². The molecule has 132 valence electrons. The summed E-state index contributed by atoms with van der Waals surface area (Å²) in [5.41, 5.74) is -0.396. The van der Waals surface area contributed by atoms with Gasteiger partial charge in [0.25, 0.3) is 0 Å². The van der Waals surface area contributed by atoms with Crippen molar-refractivity contribution in [2.75, 3.05) is 13.2 Å². The zero-order chi connectivity index (χ0) is 17.4. The largest absolute Gasteiger partial charge is 0.475 e. The van der Waals surface area contributed by atoms with E-state index in [0.29, 0.717) is 6.42 Å². The number of phosphoric acid groups is 1. The third-order valence-electron chi connectivity index (χ3n) is 3.51. The molecule has 0 radical (unpaired) electrons. The molecule has 3 unspecified atom stereocenters. The molecule has 0 aliphatic heterocycles. The summed E-state index contributed by atoms with van der Waals surface area (Å²) in [5, 5.41) is 0. The fraction of sp³-hybridized carbons (Fsp3) is 1.00. The summed E-state index contributed by atoms with van der Waals surface area (Å²) in [7, 11) is -4.13. The maximum absolute atomic E-state index is 13.2. The molecule has 0 aromatic carbocycles. The van der Waals surface area contributed by atoms with Gasteiger partial charge in [-0.2, -0.15) is 13.2 Å². The smallest absolute Gasteiger partial charge is 0.287 e. The molecular formula is C12H20BrClF3O4P. The van der Waals surface area contributed by atoms with Crippen LogP contribution in [0.2, 0.25) is 0 Å². The van der Waals surface area contributed by atoms with Crippen LogP contribution >= 0.6 is 35.4 Å². The molecule has 1 rings (SSSR count). The highest BCUT2D eigenvalue weighted by atomic mass is 79.9. The highest BCUT2D eigenvalue weighted by molar-refractivity contribution is 9.10. The maximum atomic E-state index is 13.2. The average Bonchev–Trinajstić information content (AvgIpc) is 2.94. The number of halogens is 5. The van der Waals surface area contributed by atoms with Crippen molar-refractivity contribution < 1.29 is 31.3 Å². The Balaban J connectivity index is 3.10. The molecule has 0 aromatic heterocycles. The summed E-state index contributed by atoms with van der Waals surface area (Å²) in [6, 6.07) is 0. The third kappa shape index (κ3) is 4.61. The molecule has 1 aliphatic rings. The molecule has 0 heterocycles. The molecule has 1 fully saturated rings. The lowest BCUT2D eigenvalue weighted by Crippen LogP contribution is -2.47. The predicted octanol–water partition coefficient (Wildman–Crippen LogP) is 5.49. The minimum Gasteiger partial charge on any atom is -0.287 e. The van der Waals surface area contributed by atoms with Gasteiger partial charge >= 0.3 is 14.0 Å². The maximum Gasteiger partial charge on any atom is 0.475 e. The lowest BCUT2D eigenvalue weighted by atomic mass is 10.0. The van der Waals surface area contributed by atoms with Crippen LogP contribution in [-0.4, -0.2) is 29.3 Å². The molecule has 1 saturated carbocycles. The Morgan fingerprint density at radius 2 is 1.73 bits per heavy atom. The molecule has 0 saturated heterocycles. The predicted molar refractivity (Wildman–Crippen MR) is 81.2 cm³/mol. The summed E-state index contributed by atoms with van der Waals surface area (Å²) in [6.07, 6.45) is -5.94. The number of hydrogen-bond acceptors (Lipinski definition) is 4. The standard InChI is InChI=1S/C12H20BrClF3O4P/c1-5-19-22(18,20-6-2)21-9(8-7-10(8,3)4)11(13,14)12(15,16)17/h8-9H,5-7H2,1-4H3. The van der Waals surface area contributed by atoms with E-state index in [-0.39, 0.29) is 13.2 Å². The molecule has 0 N–H and O–H groups in total. The van der Waals surface area contributed by atoms with Gasteiger partial charge in [-0.1, -0.05) is 41.4 Å². The lowest BCUT2D eigenvalue weighted by molar-refractivity contribution is -0.159. The van der Waals surface area contributed by atoms with Crippen molar-refractivity contribution in [3.05, 3.63) is 0 Å². The summed E-state index contributed by atoms with van der Waals surface area (Å²) in [6.45, 7) is 6.60. The van der Waals surface area contributed by atoms with E-state index in [1.807, 2.05) is 0 Å². The fourth-order valence-corrected chi connectivity index (χ4v) is 4.36. The van der Waals surface area contributed by atoms with Gasteiger partial charge in [0.1, 0.15) is 6.10 Å². The van der Waals surface area contributed by atoms with Gasteiger partial charge in [0.2, 0.25) is 3.78 Å². The van der Waals surface area contributed by atoms with Crippen LogP contribution in [0.4, 0.5) is 13.2 Å². The van der Waals surface area contributed by atoms with Crippen LogP contribution in [0.15, 0.2) is 0 Å². The Kier molecular flexibility index (Phi) is 6.48. The molecule has 3 atom stereocenters. The Morgan fingerprint density at radius 3 is 2.00 bits per heavy atom. The number of rotatable bonds is 8. The first kappa shape index (κ1) is 20.7. The van der Waals surface area contributed by atoms with Crippen LogP contribution in [0, 0.1) is 11.3 Å². The number of hydrogen-bond donors (Lipinski definition) is 0. The molecule has 10 heteroatoms. The molecule has 1 aliphatic carbocycles. The summed E-state index contributed by atoms with van der Waals surface area (Å²) >= 11 is 8.18. The molecule has 0 aromatic rings. The van der Waals surface area contributed by atoms with Gasteiger partial charge in [-0.25, -0.2) is 4.57 Å². The van der Waals surface area contributed by atoms with Crippen LogP contribution in [0.1, 0.15) is 34.1 Å². The van der Waals surface area contributed by atoms with Crippen LogP contribution in [0.5, 0.6) is 0 Å². The molecule has 4 nitrogen and oxygen atoms in total. The fourth-order valence-electron chi connectivity index (χ4n) is 2.13. The minimum absolute atomic E-state index is 0.0261. The van der Waals surface area contributed by atoms with Crippen molar-refractivity contribution in [2.24, 2.45) is 11.3 Å². The van der Waals surface area contributed by atoms with E-state index in [9.17, 15) is 17.7 Å². The number of phosphoric ester groups is 1. The second-order valence-electron chi connectivity index (χ2n) is 5.73. The Morgan fingerprint density at radius 1 is 1.32 bits per heavy atom. The Hall–Kier alpha value is 0.670. The van der Waals surface area contributed by atoms with E-state index >= 15 is 0 Å². The van der Waals surface area contributed by atoms with Gasteiger partial charge in [-0.3, -0.25) is 13.6 Å². The lowest BCUT2D eigenvalue weighted by Gasteiger charge is -2.34. The van der Waals surface area contributed by atoms with Gasteiger partial charge in [-0.15, -0.1) is 0 Å². The van der Waals surface area contributed by atoms with Gasteiger partial charge in [0.15, 0.2) is 0 Å². The first-order valence-electron chi connectivity index (χ1n) is 6.82. The topological polar surface area (TPSA) is 44.8 Å². The van der Waals surface area contributed by atoms with E-state index in [2.05, 4.69) is 15.9 Å². The van der Waals surface area contributed by atoms with Crippen LogP contribution in [0.3, 0.4) is 0 Å². The highest BCUT2D eigenvalue weighted by Crippen LogP contribution is 2.65. The minimum atomic E-state index is -4.80. The first-order valence-corrected chi connectivity index (χ1v) is 9.46. The third-order valence-corrected chi connectivity index (χ3v) is 6.47. The quantitative estimate of drug-likeness (QED) is 0.376. The number of alkyl halides is 5. The van der Waals surface area contributed by atoms with Crippen LogP contribution in [0.25, 0.3) is 0 Å². The van der Waals surface area contributed by atoms with Crippen molar-refractivity contribution >= 4 is 35.4 Å². The summed E-state index contributed by atoms with van der Waals surface area (Å²) in [4.78, 5) is 0.